The predicted molar refractivity (Wildman–Crippen MR) is 123 cm³/mol. The topological polar surface area (TPSA) is 67.2 Å². The minimum Gasteiger partial charge on any atom is -0.353 e. The third kappa shape index (κ3) is 4.09. The first-order valence-electron chi connectivity index (χ1n) is 10.7. The normalized spacial score (nSPS) is 14.0. The van der Waals surface area contributed by atoms with Crippen LogP contribution >= 0.6 is 0 Å². The molecule has 32 heavy (non-hydrogen) atoms. The van der Waals surface area contributed by atoms with Gasteiger partial charge in [0.05, 0.1) is 5.92 Å². The molecule has 2 aromatic carbocycles. The molecule has 7 heteroatoms. The van der Waals surface area contributed by atoms with Crippen LogP contribution in [0.25, 0.3) is 5.82 Å². The Kier molecular flexibility index (Phi) is 5.61. The van der Waals surface area contributed by atoms with Gasteiger partial charge in [0.15, 0.2) is 0 Å². The molecule has 1 amide bonds. The van der Waals surface area contributed by atoms with Crippen molar-refractivity contribution in [2.24, 2.45) is 0 Å². The fourth-order valence-electron chi connectivity index (χ4n) is 4.15. The average molecular weight is 425 g/mol. The van der Waals surface area contributed by atoms with E-state index in [2.05, 4.69) is 19.9 Å². The summed E-state index contributed by atoms with van der Waals surface area (Å²) in [5.74, 6) is 1.48. The molecule has 1 fully saturated rings. The van der Waals surface area contributed by atoms with Crippen LogP contribution in [-0.4, -0.2) is 56.5 Å². The highest BCUT2D eigenvalue weighted by Crippen LogP contribution is 2.28. The van der Waals surface area contributed by atoms with Crippen molar-refractivity contribution in [1.82, 2.24) is 24.4 Å². The monoisotopic (exact) mass is 424 g/mol. The molecule has 0 N–H and O–H groups in total. The van der Waals surface area contributed by atoms with Crippen LogP contribution in [0, 0.1) is 0 Å². The van der Waals surface area contributed by atoms with Crippen molar-refractivity contribution in [2.75, 3.05) is 31.1 Å². The second-order valence-corrected chi connectivity index (χ2v) is 7.77. The highest BCUT2D eigenvalue weighted by Gasteiger charge is 2.30. The number of amides is 1. The molecule has 0 unspecified atom stereocenters. The van der Waals surface area contributed by atoms with Gasteiger partial charge in [0.25, 0.3) is 0 Å². The molecule has 2 aromatic heterocycles. The average Bonchev–Trinajstić information content (AvgIpc) is 3.41. The zero-order valence-corrected chi connectivity index (χ0v) is 17.7. The number of piperazine rings is 1. The lowest BCUT2D eigenvalue weighted by Gasteiger charge is -2.37. The van der Waals surface area contributed by atoms with Gasteiger partial charge in [-0.1, -0.05) is 60.7 Å². The van der Waals surface area contributed by atoms with Crippen LogP contribution in [-0.2, 0) is 4.79 Å². The first-order chi connectivity index (χ1) is 15.8. The van der Waals surface area contributed by atoms with Gasteiger partial charge in [-0.05, 0) is 11.1 Å². The van der Waals surface area contributed by atoms with Crippen molar-refractivity contribution in [3.05, 3.63) is 103 Å². The van der Waals surface area contributed by atoms with E-state index in [4.69, 9.17) is 0 Å². The first kappa shape index (κ1) is 19.9. The lowest BCUT2D eigenvalue weighted by molar-refractivity contribution is -0.132. The standard InChI is InChI=1S/C25H24N6O/c32-25(24(20-7-3-1-4-8-20)21-9-5-2-6-10-21)30-15-13-29(14-16-30)22-17-23(28-18-27-22)31-12-11-26-19-31/h1-12,17-19,24H,13-16H2. The molecule has 1 aliphatic heterocycles. The fraction of sp³-hybridized carbons (Fsp3) is 0.200. The molecule has 0 saturated carbocycles. The van der Waals surface area contributed by atoms with Crippen LogP contribution in [0.5, 0.6) is 0 Å². The molecule has 0 atom stereocenters. The molecule has 4 aromatic rings. The maximum atomic E-state index is 13.6. The minimum absolute atomic E-state index is 0.142. The number of benzene rings is 2. The summed E-state index contributed by atoms with van der Waals surface area (Å²) in [5, 5.41) is 0. The maximum Gasteiger partial charge on any atom is 0.234 e. The Morgan fingerprint density at radius 3 is 2.03 bits per heavy atom. The van der Waals surface area contributed by atoms with Gasteiger partial charge >= 0.3 is 0 Å². The second kappa shape index (κ2) is 9.01. The Labute approximate surface area is 187 Å². The Morgan fingerprint density at radius 1 is 0.812 bits per heavy atom. The van der Waals surface area contributed by atoms with Gasteiger partial charge in [0, 0.05) is 44.6 Å². The third-order valence-corrected chi connectivity index (χ3v) is 5.84. The third-order valence-electron chi connectivity index (χ3n) is 5.84. The largest absolute Gasteiger partial charge is 0.353 e. The van der Waals surface area contributed by atoms with Crippen molar-refractivity contribution in [3.8, 4) is 5.82 Å². The van der Waals surface area contributed by atoms with Gasteiger partial charge in [-0.15, -0.1) is 0 Å². The Bertz CT molecular complexity index is 1120. The van der Waals surface area contributed by atoms with Crippen molar-refractivity contribution < 1.29 is 4.79 Å². The molecule has 0 radical (unpaired) electrons. The number of hydrogen-bond acceptors (Lipinski definition) is 5. The molecule has 0 spiro atoms. The maximum absolute atomic E-state index is 13.6. The highest BCUT2D eigenvalue weighted by atomic mass is 16.2. The van der Waals surface area contributed by atoms with Gasteiger partial charge in [-0.2, -0.15) is 0 Å². The molecule has 3 heterocycles. The second-order valence-electron chi connectivity index (χ2n) is 7.77. The van der Waals surface area contributed by atoms with E-state index in [9.17, 15) is 4.79 Å². The highest BCUT2D eigenvalue weighted by molar-refractivity contribution is 5.87. The number of rotatable bonds is 5. The minimum atomic E-state index is -0.296. The zero-order valence-electron chi connectivity index (χ0n) is 17.7. The van der Waals surface area contributed by atoms with E-state index in [1.165, 1.54) is 0 Å². The van der Waals surface area contributed by atoms with E-state index in [0.717, 1.165) is 35.9 Å². The van der Waals surface area contributed by atoms with Gasteiger partial charge < -0.3 is 9.80 Å². The van der Waals surface area contributed by atoms with Crippen LogP contribution in [0.15, 0.2) is 91.8 Å². The molecule has 160 valence electrons. The van der Waals surface area contributed by atoms with Crippen molar-refractivity contribution in [2.45, 2.75) is 5.92 Å². The van der Waals surface area contributed by atoms with Crippen LogP contribution in [0.2, 0.25) is 0 Å². The van der Waals surface area contributed by atoms with Crippen LogP contribution in [0.4, 0.5) is 5.82 Å². The molecular weight excluding hydrogens is 400 g/mol. The van der Waals surface area contributed by atoms with E-state index in [-0.39, 0.29) is 11.8 Å². The van der Waals surface area contributed by atoms with Gasteiger partial charge in [0.1, 0.15) is 24.3 Å². The molecule has 5 rings (SSSR count). The van der Waals surface area contributed by atoms with Gasteiger partial charge in [-0.3, -0.25) is 9.36 Å². The molecule has 7 nitrogen and oxygen atoms in total. The first-order valence-corrected chi connectivity index (χ1v) is 10.7. The summed E-state index contributed by atoms with van der Waals surface area (Å²) >= 11 is 0. The van der Waals surface area contributed by atoms with Crippen molar-refractivity contribution in [3.63, 3.8) is 0 Å². The molecule has 1 aliphatic rings. The summed E-state index contributed by atoms with van der Waals surface area (Å²) in [7, 11) is 0. The van der Waals surface area contributed by atoms with Crippen LogP contribution in [0.1, 0.15) is 17.0 Å². The Balaban J connectivity index is 1.32. The lowest BCUT2D eigenvalue weighted by Crippen LogP contribution is -2.50. The Morgan fingerprint density at radius 2 is 1.44 bits per heavy atom. The van der Waals surface area contributed by atoms with E-state index < -0.39 is 0 Å². The quantitative estimate of drug-likeness (QED) is 0.492. The SMILES string of the molecule is O=C(C(c1ccccc1)c1ccccc1)N1CCN(c2cc(-n3ccnc3)ncn2)CC1. The van der Waals surface area contributed by atoms with E-state index in [1.54, 1.807) is 18.9 Å². The van der Waals surface area contributed by atoms with Crippen molar-refractivity contribution in [1.29, 1.82) is 0 Å². The molecule has 1 saturated heterocycles. The zero-order chi connectivity index (χ0) is 21.8. The van der Waals surface area contributed by atoms with E-state index in [0.29, 0.717) is 13.1 Å². The predicted octanol–water partition coefficient (Wildman–Crippen LogP) is 3.14. The fourth-order valence-corrected chi connectivity index (χ4v) is 4.15. The summed E-state index contributed by atoms with van der Waals surface area (Å²) in [6.45, 7) is 2.75. The Hall–Kier alpha value is -4.00. The number of anilines is 1. The molecular formula is C25H24N6O. The molecule has 0 aliphatic carbocycles. The number of hydrogen-bond donors (Lipinski definition) is 0. The van der Waals surface area contributed by atoms with E-state index in [1.807, 2.05) is 82.4 Å². The van der Waals surface area contributed by atoms with E-state index >= 15 is 0 Å². The van der Waals surface area contributed by atoms with Gasteiger partial charge in [0.2, 0.25) is 5.91 Å². The summed E-state index contributed by atoms with van der Waals surface area (Å²) < 4.78 is 1.86. The number of aromatic nitrogens is 4. The number of imidazole rings is 1. The van der Waals surface area contributed by atoms with Crippen molar-refractivity contribution >= 4 is 11.7 Å². The summed E-state index contributed by atoms with van der Waals surface area (Å²) in [5.41, 5.74) is 2.04. The summed E-state index contributed by atoms with van der Waals surface area (Å²) in [6.07, 6.45) is 6.87. The summed E-state index contributed by atoms with van der Waals surface area (Å²) in [6, 6.07) is 22.0. The number of carbonyl (C=O) groups is 1. The van der Waals surface area contributed by atoms with Gasteiger partial charge in [-0.25, -0.2) is 15.0 Å². The smallest absolute Gasteiger partial charge is 0.234 e. The summed E-state index contributed by atoms with van der Waals surface area (Å²) in [4.78, 5) is 30.7. The van der Waals surface area contributed by atoms with Crippen LogP contribution in [0.3, 0.4) is 0 Å². The number of nitrogens with zero attached hydrogens (tertiary/aromatic N) is 6. The van der Waals surface area contributed by atoms with Crippen LogP contribution < -0.4 is 4.90 Å². The number of carbonyl (C=O) groups excluding carboxylic acids is 1. The lowest BCUT2D eigenvalue weighted by atomic mass is 9.90. The molecule has 0 bridgehead atoms.